The van der Waals surface area contributed by atoms with Gasteiger partial charge in [0, 0.05) is 0 Å². The van der Waals surface area contributed by atoms with Gasteiger partial charge in [0.15, 0.2) is 6.29 Å². The summed E-state index contributed by atoms with van der Waals surface area (Å²) < 4.78 is 0. The van der Waals surface area contributed by atoms with Gasteiger partial charge in [-0.1, -0.05) is 0 Å². The van der Waals surface area contributed by atoms with Crippen LogP contribution in [-0.4, -0.2) is 68.6 Å². The molecule has 0 saturated carbocycles. The van der Waals surface area contributed by atoms with Crippen molar-refractivity contribution in [2.45, 2.75) is 38.3 Å². The number of aliphatic hydroxyl groups excluding tert-OH is 5. The molecule has 5 N–H and O–H groups in total. The van der Waals surface area contributed by atoms with Crippen molar-refractivity contribution in [3.8, 4) is 0 Å². The van der Waals surface area contributed by atoms with Crippen LogP contribution in [0.2, 0.25) is 0 Å². The van der Waals surface area contributed by atoms with Crippen molar-refractivity contribution in [2.24, 2.45) is 0 Å². The summed E-state index contributed by atoms with van der Waals surface area (Å²) in [6.07, 6.45) is -6.84. The van der Waals surface area contributed by atoms with Gasteiger partial charge >= 0.3 is 0 Å². The van der Waals surface area contributed by atoms with Gasteiger partial charge in [-0.15, -0.1) is 0 Å². The fraction of sp³-hybridized carbons (Fsp3) is 0.778. The molecule has 0 aromatic heterocycles. The summed E-state index contributed by atoms with van der Waals surface area (Å²) in [6, 6.07) is 0. The molecule has 0 aliphatic heterocycles. The highest BCUT2D eigenvalue weighted by molar-refractivity contribution is 5.72. The Balaban J connectivity index is 0. The van der Waals surface area contributed by atoms with Gasteiger partial charge in [0.25, 0.3) is 0 Å². The molecule has 0 aromatic rings. The number of aliphatic hydroxyl groups is 5. The number of rotatable bonds is 5. The van der Waals surface area contributed by atoms with Gasteiger partial charge < -0.3 is 35.1 Å². The molecule has 7 nitrogen and oxygen atoms in total. The van der Waals surface area contributed by atoms with E-state index in [1.54, 1.807) is 0 Å². The Morgan fingerprint density at radius 3 is 1.75 bits per heavy atom. The summed E-state index contributed by atoms with van der Waals surface area (Å²) in [7, 11) is 0. The summed E-state index contributed by atoms with van der Waals surface area (Å²) in [5.74, 6) is 0.167. The maximum Gasteiger partial charge on any atom is 0.151 e. The lowest BCUT2D eigenvalue weighted by molar-refractivity contribution is -0.136. The van der Waals surface area contributed by atoms with Crippen molar-refractivity contribution in [3.63, 3.8) is 0 Å². The van der Waals surface area contributed by atoms with Crippen molar-refractivity contribution in [1.29, 1.82) is 0 Å². The van der Waals surface area contributed by atoms with Gasteiger partial charge in [0.2, 0.25) is 0 Å². The molecule has 4 unspecified atom stereocenters. The predicted octanol–water partition coefficient (Wildman–Crippen LogP) is -2.78. The zero-order valence-corrected chi connectivity index (χ0v) is 9.15. The maximum atomic E-state index is 9.90. The SMILES string of the molecule is CC(C)=O.O=CC(O)C(O)C(O)C(O)CO. The predicted molar refractivity (Wildman–Crippen MR) is 53.5 cm³/mol. The molecule has 96 valence electrons. The molecular weight excluding hydrogens is 220 g/mol. The van der Waals surface area contributed by atoms with E-state index < -0.39 is 31.0 Å². The number of carbonyl (C=O) groups excluding carboxylic acids is 2. The molecule has 0 aliphatic carbocycles. The van der Waals surface area contributed by atoms with E-state index in [1.165, 1.54) is 13.8 Å². The van der Waals surface area contributed by atoms with Crippen LogP contribution in [0, 0.1) is 0 Å². The number of hydrogen-bond acceptors (Lipinski definition) is 7. The Bertz CT molecular complexity index is 202. The number of ketones is 1. The second-order valence-electron chi connectivity index (χ2n) is 3.27. The third-order valence-corrected chi connectivity index (χ3v) is 1.42. The van der Waals surface area contributed by atoms with Crippen molar-refractivity contribution < 1.29 is 35.1 Å². The van der Waals surface area contributed by atoms with E-state index in [1.807, 2.05) is 0 Å². The Morgan fingerprint density at radius 1 is 1.12 bits per heavy atom. The first-order valence-electron chi connectivity index (χ1n) is 4.53. The first-order chi connectivity index (χ1) is 7.27. The van der Waals surface area contributed by atoms with Crippen LogP contribution in [0.1, 0.15) is 13.8 Å². The second-order valence-corrected chi connectivity index (χ2v) is 3.27. The van der Waals surface area contributed by atoms with Crippen LogP contribution < -0.4 is 0 Å². The quantitative estimate of drug-likeness (QED) is 0.327. The molecule has 0 saturated heterocycles. The Labute approximate surface area is 93.0 Å². The molecule has 0 radical (unpaired) electrons. The molecule has 4 atom stereocenters. The summed E-state index contributed by atoms with van der Waals surface area (Å²) >= 11 is 0. The normalized spacial score (nSPS) is 17.4. The Kier molecular flexibility index (Phi) is 10.3. The smallest absolute Gasteiger partial charge is 0.151 e. The minimum absolute atomic E-state index is 0.0258. The van der Waals surface area contributed by atoms with Crippen molar-refractivity contribution in [1.82, 2.24) is 0 Å². The molecule has 7 heteroatoms. The number of carbonyl (C=O) groups is 2. The zero-order valence-electron chi connectivity index (χ0n) is 9.15. The second kappa shape index (κ2) is 9.37. The molecule has 0 bridgehead atoms. The van der Waals surface area contributed by atoms with Crippen LogP contribution in [0.15, 0.2) is 0 Å². The van der Waals surface area contributed by atoms with E-state index >= 15 is 0 Å². The molecule has 0 aliphatic rings. The lowest BCUT2D eigenvalue weighted by Gasteiger charge is -2.22. The highest BCUT2D eigenvalue weighted by Crippen LogP contribution is 2.02. The third kappa shape index (κ3) is 8.45. The van der Waals surface area contributed by atoms with Gasteiger partial charge in [-0.2, -0.15) is 0 Å². The van der Waals surface area contributed by atoms with Crippen LogP contribution in [0.3, 0.4) is 0 Å². The fourth-order valence-corrected chi connectivity index (χ4v) is 0.618. The van der Waals surface area contributed by atoms with E-state index in [9.17, 15) is 9.59 Å². The van der Waals surface area contributed by atoms with Gasteiger partial charge in [-0.3, -0.25) is 0 Å². The van der Waals surface area contributed by atoms with Gasteiger partial charge in [0.05, 0.1) is 6.61 Å². The molecule has 0 rings (SSSR count). The number of hydrogen-bond donors (Lipinski definition) is 5. The van der Waals surface area contributed by atoms with Crippen LogP contribution in [0.25, 0.3) is 0 Å². The average molecular weight is 238 g/mol. The lowest BCUT2D eigenvalue weighted by Crippen LogP contribution is -2.46. The van der Waals surface area contributed by atoms with Gasteiger partial charge in [0.1, 0.15) is 30.2 Å². The number of aldehydes is 1. The fourth-order valence-electron chi connectivity index (χ4n) is 0.618. The van der Waals surface area contributed by atoms with Crippen LogP contribution in [-0.2, 0) is 9.59 Å². The topological polar surface area (TPSA) is 135 Å². The van der Waals surface area contributed by atoms with Gasteiger partial charge in [-0.25, -0.2) is 0 Å². The third-order valence-electron chi connectivity index (χ3n) is 1.42. The molecule has 16 heavy (non-hydrogen) atoms. The average Bonchev–Trinajstić information content (AvgIpc) is 2.24. The molecule has 0 spiro atoms. The van der Waals surface area contributed by atoms with E-state index in [0.717, 1.165) is 0 Å². The summed E-state index contributed by atoms with van der Waals surface area (Å²) in [6.45, 7) is 2.30. The minimum Gasteiger partial charge on any atom is -0.394 e. The van der Waals surface area contributed by atoms with E-state index in [2.05, 4.69) is 0 Å². The minimum atomic E-state index is -1.79. The van der Waals surface area contributed by atoms with Crippen LogP contribution >= 0.6 is 0 Å². The highest BCUT2D eigenvalue weighted by Gasteiger charge is 2.29. The summed E-state index contributed by atoms with van der Waals surface area (Å²) in [5.41, 5.74) is 0. The standard InChI is InChI=1S/C6H12O6.C3H6O/c7-1-3(9)5(11)6(12)4(10)2-8;1-3(2)4/h1,3-6,8-12H,2H2;1-2H3. The van der Waals surface area contributed by atoms with Crippen LogP contribution in [0.5, 0.6) is 0 Å². The summed E-state index contributed by atoms with van der Waals surface area (Å²) in [5, 5.41) is 43.5. The van der Waals surface area contributed by atoms with Crippen molar-refractivity contribution in [3.05, 3.63) is 0 Å². The highest BCUT2D eigenvalue weighted by atomic mass is 16.4. The van der Waals surface area contributed by atoms with Gasteiger partial charge in [-0.05, 0) is 13.8 Å². The first-order valence-corrected chi connectivity index (χ1v) is 4.53. The number of Topliss-reactive ketones (excluding diaryl/α,β-unsaturated/α-hetero) is 1. The molecule has 0 fully saturated rings. The van der Waals surface area contributed by atoms with Crippen molar-refractivity contribution >= 4 is 12.1 Å². The Morgan fingerprint density at radius 2 is 1.50 bits per heavy atom. The van der Waals surface area contributed by atoms with E-state index in [4.69, 9.17) is 25.5 Å². The van der Waals surface area contributed by atoms with E-state index in [0.29, 0.717) is 0 Å². The monoisotopic (exact) mass is 238 g/mol. The lowest BCUT2D eigenvalue weighted by atomic mass is 10.0. The molecule has 0 aromatic carbocycles. The first kappa shape index (κ1) is 17.5. The molecule has 0 amide bonds. The maximum absolute atomic E-state index is 9.90. The summed E-state index contributed by atoms with van der Waals surface area (Å²) in [4.78, 5) is 19.3. The molecule has 0 heterocycles. The van der Waals surface area contributed by atoms with E-state index in [-0.39, 0.29) is 12.1 Å². The van der Waals surface area contributed by atoms with Crippen LogP contribution in [0.4, 0.5) is 0 Å². The largest absolute Gasteiger partial charge is 0.394 e. The van der Waals surface area contributed by atoms with Crippen molar-refractivity contribution in [2.75, 3.05) is 6.61 Å². The molecular formula is C9H18O7. The Hall–Kier alpha value is -0.860. The zero-order chi connectivity index (χ0) is 13.3.